The molecule has 4 N–H and O–H groups in total. The maximum Gasteiger partial charge on any atom is 0.345 e. The van der Waals surface area contributed by atoms with Crippen molar-refractivity contribution >= 4 is 23.8 Å². The predicted molar refractivity (Wildman–Crippen MR) is 147 cm³/mol. The average molecular weight is 551 g/mol. The molecule has 220 valence electrons. The Kier molecular flexibility index (Phi) is 15.2. The lowest BCUT2D eigenvalue weighted by atomic mass is 9.85. The molecule has 10 heteroatoms. The van der Waals surface area contributed by atoms with Gasteiger partial charge in [-0.2, -0.15) is 0 Å². The molecule has 0 radical (unpaired) electrons. The molecule has 2 amide bonds. The third-order valence-corrected chi connectivity index (χ3v) is 6.51. The fourth-order valence-electron chi connectivity index (χ4n) is 3.94. The number of carbonyl (C=O) groups excluding carboxylic acids is 3. The number of para-hydroxylation sites is 1. The number of rotatable bonds is 18. The van der Waals surface area contributed by atoms with Gasteiger partial charge in [-0.15, -0.1) is 0 Å². The lowest BCUT2D eigenvalue weighted by molar-refractivity contribution is -0.166. The molecule has 1 aromatic rings. The second-order valence-electron chi connectivity index (χ2n) is 10.8. The maximum absolute atomic E-state index is 12.8. The van der Waals surface area contributed by atoms with Crippen molar-refractivity contribution in [3.63, 3.8) is 0 Å². The highest BCUT2D eigenvalue weighted by Gasteiger charge is 2.32. The SMILES string of the molecule is CC[C@H](C)CNC(=O)[C@@H](C[C@H](O)[C@H](CC(C)C)NC(=O)C[C@H](OC(=O)COc1ccccc1)C(=O)O)C(C)C. The van der Waals surface area contributed by atoms with Crippen LogP contribution in [0.5, 0.6) is 5.75 Å². The van der Waals surface area contributed by atoms with Gasteiger partial charge in [0.1, 0.15) is 5.75 Å². The minimum absolute atomic E-state index is 0.0408. The summed E-state index contributed by atoms with van der Waals surface area (Å²) in [6.07, 6.45) is -1.90. The van der Waals surface area contributed by atoms with E-state index in [-0.39, 0.29) is 24.2 Å². The van der Waals surface area contributed by atoms with Crippen molar-refractivity contribution < 1.29 is 38.9 Å². The number of carbonyl (C=O) groups is 4. The summed E-state index contributed by atoms with van der Waals surface area (Å²) in [7, 11) is 0. The lowest BCUT2D eigenvalue weighted by Crippen LogP contribution is -2.48. The molecule has 0 aliphatic carbocycles. The van der Waals surface area contributed by atoms with E-state index in [1.165, 1.54) is 0 Å². The Bertz CT molecular complexity index is 906. The third kappa shape index (κ3) is 13.5. The number of aliphatic hydroxyl groups is 1. The highest BCUT2D eigenvalue weighted by atomic mass is 16.6. The molecular formula is C29H46N2O8. The van der Waals surface area contributed by atoms with E-state index in [0.29, 0.717) is 24.6 Å². The summed E-state index contributed by atoms with van der Waals surface area (Å²) in [4.78, 5) is 49.4. The number of carboxylic acids is 1. The summed E-state index contributed by atoms with van der Waals surface area (Å²) in [5, 5.41) is 26.2. The molecule has 0 bridgehead atoms. The van der Waals surface area contributed by atoms with Gasteiger partial charge in [-0.25, -0.2) is 9.59 Å². The fourth-order valence-corrected chi connectivity index (χ4v) is 3.94. The van der Waals surface area contributed by atoms with E-state index in [4.69, 9.17) is 9.47 Å². The molecule has 1 rings (SSSR count). The Balaban J connectivity index is 2.80. The van der Waals surface area contributed by atoms with Crippen LogP contribution in [0.15, 0.2) is 30.3 Å². The summed E-state index contributed by atoms with van der Waals surface area (Å²) >= 11 is 0. The molecule has 39 heavy (non-hydrogen) atoms. The zero-order chi connectivity index (χ0) is 29.5. The first-order valence-electron chi connectivity index (χ1n) is 13.7. The van der Waals surface area contributed by atoms with Gasteiger partial charge in [-0.1, -0.05) is 66.2 Å². The van der Waals surface area contributed by atoms with Crippen LogP contribution < -0.4 is 15.4 Å². The van der Waals surface area contributed by atoms with Gasteiger partial charge >= 0.3 is 11.9 Å². The van der Waals surface area contributed by atoms with Gasteiger partial charge in [0.05, 0.1) is 18.6 Å². The predicted octanol–water partition coefficient (Wildman–Crippen LogP) is 3.17. The van der Waals surface area contributed by atoms with Gasteiger partial charge in [0.2, 0.25) is 17.9 Å². The van der Waals surface area contributed by atoms with Crippen LogP contribution in [-0.2, 0) is 23.9 Å². The Hall–Kier alpha value is -3.14. The minimum Gasteiger partial charge on any atom is -0.482 e. The van der Waals surface area contributed by atoms with Crippen LogP contribution in [0.1, 0.15) is 67.2 Å². The summed E-state index contributed by atoms with van der Waals surface area (Å²) in [5.41, 5.74) is 0. The Morgan fingerprint density at radius 3 is 2.15 bits per heavy atom. The van der Waals surface area contributed by atoms with E-state index < -0.39 is 55.0 Å². The number of carboxylic acid groups (broad SMARTS) is 1. The number of esters is 1. The lowest BCUT2D eigenvalue weighted by Gasteiger charge is -2.30. The molecule has 5 atom stereocenters. The molecule has 10 nitrogen and oxygen atoms in total. The molecule has 0 aromatic heterocycles. The fraction of sp³-hybridized carbons (Fsp3) is 0.655. The smallest absolute Gasteiger partial charge is 0.345 e. The molecule has 0 fully saturated rings. The van der Waals surface area contributed by atoms with E-state index in [1.54, 1.807) is 30.3 Å². The summed E-state index contributed by atoms with van der Waals surface area (Å²) in [6.45, 7) is 11.8. The van der Waals surface area contributed by atoms with E-state index in [9.17, 15) is 29.4 Å². The normalized spacial score (nSPS) is 15.1. The number of ether oxygens (including phenoxy) is 2. The zero-order valence-electron chi connectivity index (χ0n) is 24.0. The molecule has 0 aliphatic heterocycles. The van der Waals surface area contributed by atoms with Crippen molar-refractivity contribution in [2.75, 3.05) is 13.2 Å². The number of nitrogens with one attached hydrogen (secondary N) is 2. The Labute approximate surface area is 231 Å². The standard InChI is InChI=1S/C29H46N2O8/c1-7-20(6)16-30-28(35)22(19(4)5)14-24(32)23(13-18(2)3)31-26(33)15-25(29(36)37)39-27(34)17-38-21-11-9-8-10-12-21/h8-12,18-20,22-25,32H,7,13-17H2,1-6H3,(H,30,35)(H,31,33)(H,36,37)/t20-,22-,23-,24-,25-/m0/s1. The quantitative estimate of drug-likeness (QED) is 0.204. The first-order valence-corrected chi connectivity index (χ1v) is 13.7. The Morgan fingerprint density at radius 2 is 1.62 bits per heavy atom. The monoisotopic (exact) mass is 550 g/mol. The van der Waals surface area contributed by atoms with Gasteiger partial charge in [0.15, 0.2) is 6.61 Å². The van der Waals surface area contributed by atoms with Crippen LogP contribution in [0.4, 0.5) is 0 Å². The van der Waals surface area contributed by atoms with Crippen molar-refractivity contribution in [3.8, 4) is 5.75 Å². The van der Waals surface area contributed by atoms with Crippen LogP contribution in [0, 0.1) is 23.7 Å². The van der Waals surface area contributed by atoms with Crippen molar-refractivity contribution in [3.05, 3.63) is 30.3 Å². The summed E-state index contributed by atoms with van der Waals surface area (Å²) in [5.74, 6) is -2.89. The highest BCUT2D eigenvalue weighted by molar-refractivity contribution is 5.86. The van der Waals surface area contributed by atoms with Gasteiger partial charge in [0, 0.05) is 12.5 Å². The highest BCUT2D eigenvalue weighted by Crippen LogP contribution is 2.22. The first kappa shape index (κ1) is 33.9. The van der Waals surface area contributed by atoms with E-state index in [1.807, 2.05) is 41.5 Å². The average Bonchev–Trinajstić information content (AvgIpc) is 2.88. The third-order valence-electron chi connectivity index (χ3n) is 6.51. The number of aliphatic carboxylic acids is 1. The molecule has 0 aliphatic rings. The van der Waals surface area contributed by atoms with E-state index >= 15 is 0 Å². The molecule has 1 aromatic carbocycles. The van der Waals surface area contributed by atoms with Crippen molar-refractivity contribution in [2.24, 2.45) is 23.7 Å². The van der Waals surface area contributed by atoms with E-state index in [0.717, 1.165) is 6.42 Å². The van der Waals surface area contributed by atoms with Crippen LogP contribution in [0.3, 0.4) is 0 Å². The number of aliphatic hydroxyl groups excluding tert-OH is 1. The van der Waals surface area contributed by atoms with Crippen LogP contribution >= 0.6 is 0 Å². The second kappa shape index (κ2) is 17.4. The molecule has 0 saturated heterocycles. The number of benzene rings is 1. The zero-order valence-corrected chi connectivity index (χ0v) is 24.0. The van der Waals surface area contributed by atoms with Crippen molar-refractivity contribution in [1.29, 1.82) is 0 Å². The van der Waals surface area contributed by atoms with Gasteiger partial charge in [-0.05, 0) is 42.7 Å². The van der Waals surface area contributed by atoms with Crippen LogP contribution in [0.2, 0.25) is 0 Å². The molecule has 0 heterocycles. The molecule has 0 spiro atoms. The van der Waals surface area contributed by atoms with Gasteiger partial charge < -0.3 is 30.3 Å². The minimum atomic E-state index is -1.72. The van der Waals surface area contributed by atoms with E-state index in [2.05, 4.69) is 10.6 Å². The van der Waals surface area contributed by atoms with Crippen LogP contribution in [0.25, 0.3) is 0 Å². The molecule has 0 unspecified atom stereocenters. The summed E-state index contributed by atoms with van der Waals surface area (Å²) < 4.78 is 10.2. The summed E-state index contributed by atoms with van der Waals surface area (Å²) in [6, 6.07) is 7.77. The van der Waals surface area contributed by atoms with Crippen molar-refractivity contribution in [1.82, 2.24) is 10.6 Å². The van der Waals surface area contributed by atoms with Gasteiger partial charge in [0.25, 0.3) is 0 Å². The largest absolute Gasteiger partial charge is 0.482 e. The maximum atomic E-state index is 12.8. The van der Waals surface area contributed by atoms with Crippen LogP contribution in [-0.4, -0.2) is 65.4 Å². The van der Waals surface area contributed by atoms with Gasteiger partial charge in [-0.3, -0.25) is 9.59 Å². The van der Waals surface area contributed by atoms with Crippen molar-refractivity contribution in [2.45, 2.75) is 85.5 Å². The Morgan fingerprint density at radius 1 is 0.974 bits per heavy atom. The molecule has 0 saturated carbocycles. The number of amides is 2. The number of hydrogen-bond donors (Lipinski definition) is 4. The first-order chi connectivity index (χ1) is 18.3. The second-order valence-corrected chi connectivity index (χ2v) is 10.8. The topological polar surface area (TPSA) is 151 Å². The number of hydrogen-bond acceptors (Lipinski definition) is 7. The molecular weight excluding hydrogens is 504 g/mol.